The summed E-state index contributed by atoms with van der Waals surface area (Å²) < 4.78 is 0. The van der Waals surface area contributed by atoms with Gasteiger partial charge in [-0.25, -0.2) is 9.97 Å². The lowest BCUT2D eigenvalue weighted by Crippen LogP contribution is -2.46. The van der Waals surface area contributed by atoms with Crippen molar-refractivity contribution in [1.82, 2.24) is 9.97 Å². The molecule has 2 nitrogen and oxygen atoms in total. The van der Waals surface area contributed by atoms with E-state index in [1.807, 2.05) is 18.2 Å². The Hall–Kier alpha value is -8.46. The first kappa shape index (κ1) is 37.9. The second-order valence-electron chi connectivity index (χ2n) is 18.3. The molecule has 14 rings (SSSR count). The van der Waals surface area contributed by atoms with Crippen molar-refractivity contribution in [2.45, 2.75) is 17.3 Å². The van der Waals surface area contributed by atoms with Crippen LogP contribution >= 0.6 is 0 Å². The number of aromatic nitrogens is 2. The second-order valence-corrected chi connectivity index (χ2v) is 18.3. The van der Waals surface area contributed by atoms with Gasteiger partial charge in [0.2, 0.25) is 0 Å². The van der Waals surface area contributed by atoms with Crippen LogP contribution in [-0.2, 0) is 17.3 Å². The quantitative estimate of drug-likeness (QED) is 0.176. The molecular formula is C65H42N2. The Morgan fingerprint density at radius 2 is 0.746 bits per heavy atom. The van der Waals surface area contributed by atoms with E-state index in [9.17, 15) is 0 Å². The number of rotatable bonds is 4. The number of benzene rings is 10. The molecule has 0 radical (unpaired) electrons. The summed E-state index contributed by atoms with van der Waals surface area (Å²) in [6, 6.07) is 89.8. The smallest absolute Gasteiger partial charge is 0.160 e. The molecule has 11 aromatic rings. The van der Waals surface area contributed by atoms with Crippen LogP contribution in [0.1, 0.15) is 55.6 Å². The average Bonchev–Trinajstić information content (AvgIpc) is 3.70. The first-order valence-corrected chi connectivity index (χ1v) is 23.4. The summed E-state index contributed by atoms with van der Waals surface area (Å²) in [5, 5.41) is 2.40. The van der Waals surface area contributed by atoms with Gasteiger partial charge in [-0.15, -0.1) is 0 Å². The largest absolute Gasteiger partial charge is 0.228 e. The summed E-state index contributed by atoms with van der Waals surface area (Å²) in [4.78, 5) is 10.4. The molecule has 0 aliphatic heterocycles. The Morgan fingerprint density at radius 1 is 0.284 bits per heavy atom. The first-order valence-electron chi connectivity index (χ1n) is 23.4. The lowest BCUT2D eigenvalue weighted by Gasteiger charge is -2.52. The van der Waals surface area contributed by atoms with Crippen molar-refractivity contribution in [3.8, 4) is 56.2 Å². The summed E-state index contributed by atoms with van der Waals surface area (Å²) in [6.07, 6.45) is 0.841. The third kappa shape index (κ3) is 5.33. The molecule has 2 heteroatoms. The lowest BCUT2D eigenvalue weighted by atomic mass is 9.49. The standard InChI is InChI=1S/C65H42N2/c1-2-18-45(19-3-1)63-66-61(41-62(67-63)48-38-33-42-17-4-5-20-46(42)39-48)44-36-34-43(35-37-44)49-24-16-32-56-52(49)40-47-21-6-9-25-53(47)64(56)57-28-12-14-30-59(57)65(60-31-15-13-29-58(60)64)54-26-10-7-22-50(54)51-23-8-11-27-55(51)65/h1-39,41H,40H2. The van der Waals surface area contributed by atoms with Crippen molar-refractivity contribution < 1.29 is 0 Å². The van der Waals surface area contributed by atoms with Crippen LogP contribution in [0.4, 0.5) is 0 Å². The normalized spacial score (nSPS) is 14.1. The molecule has 0 fully saturated rings. The molecule has 10 aromatic carbocycles. The maximum atomic E-state index is 5.21. The zero-order valence-electron chi connectivity index (χ0n) is 36.7. The molecule has 0 bridgehead atoms. The van der Waals surface area contributed by atoms with E-state index in [1.54, 1.807) is 0 Å². The van der Waals surface area contributed by atoms with Crippen molar-refractivity contribution in [3.63, 3.8) is 0 Å². The third-order valence-corrected chi connectivity index (χ3v) is 15.1. The van der Waals surface area contributed by atoms with Gasteiger partial charge in [-0.2, -0.15) is 0 Å². The Balaban J connectivity index is 0.955. The SMILES string of the molecule is c1ccc(-c2nc(-c3ccc(-c4cccc5c4Cc4ccccc4C54c5ccccc5C5(c6ccccc6-c6ccccc65)c5ccccc54)cc3)cc(-c3ccc4ccccc4c3)n2)cc1. The molecule has 0 saturated heterocycles. The summed E-state index contributed by atoms with van der Waals surface area (Å²) >= 11 is 0. The molecule has 312 valence electrons. The van der Waals surface area contributed by atoms with Crippen LogP contribution in [0, 0.1) is 0 Å². The Morgan fingerprint density at radius 3 is 1.40 bits per heavy atom. The molecule has 3 aliphatic rings. The first-order chi connectivity index (χ1) is 33.2. The van der Waals surface area contributed by atoms with Gasteiger partial charge >= 0.3 is 0 Å². The van der Waals surface area contributed by atoms with E-state index < -0.39 is 10.8 Å². The molecule has 1 aromatic heterocycles. The van der Waals surface area contributed by atoms with Gasteiger partial charge in [0.25, 0.3) is 0 Å². The van der Waals surface area contributed by atoms with E-state index in [0.717, 1.165) is 34.5 Å². The second kappa shape index (κ2) is 14.5. The van der Waals surface area contributed by atoms with Gasteiger partial charge in [0.1, 0.15) is 0 Å². The van der Waals surface area contributed by atoms with E-state index in [1.165, 1.54) is 88.7 Å². The van der Waals surface area contributed by atoms with E-state index in [-0.39, 0.29) is 0 Å². The summed E-state index contributed by atoms with van der Waals surface area (Å²) in [5.41, 5.74) is 22.5. The Bertz CT molecular complexity index is 3690. The van der Waals surface area contributed by atoms with Gasteiger partial charge in [-0.05, 0) is 107 Å². The van der Waals surface area contributed by atoms with Gasteiger partial charge in [0.15, 0.2) is 5.82 Å². The van der Waals surface area contributed by atoms with Crippen molar-refractivity contribution in [1.29, 1.82) is 0 Å². The molecule has 0 atom stereocenters. The molecule has 1 heterocycles. The third-order valence-electron chi connectivity index (χ3n) is 15.1. The molecule has 2 spiro atoms. The molecule has 0 amide bonds. The highest BCUT2D eigenvalue weighted by Gasteiger charge is 2.58. The maximum absolute atomic E-state index is 5.21. The van der Waals surface area contributed by atoms with Crippen LogP contribution in [0.3, 0.4) is 0 Å². The monoisotopic (exact) mass is 850 g/mol. The van der Waals surface area contributed by atoms with Gasteiger partial charge in [-0.1, -0.05) is 231 Å². The van der Waals surface area contributed by atoms with Gasteiger partial charge in [0, 0.05) is 16.7 Å². The van der Waals surface area contributed by atoms with Gasteiger partial charge < -0.3 is 0 Å². The maximum Gasteiger partial charge on any atom is 0.160 e. The van der Waals surface area contributed by atoms with Crippen LogP contribution in [0.5, 0.6) is 0 Å². The molecule has 67 heavy (non-hydrogen) atoms. The number of hydrogen-bond donors (Lipinski definition) is 0. The van der Waals surface area contributed by atoms with Crippen molar-refractivity contribution in [2.24, 2.45) is 0 Å². The molecule has 0 unspecified atom stereocenters. The molecular weight excluding hydrogens is 809 g/mol. The minimum atomic E-state index is -0.557. The topological polar surface area (TPSA) is 25.8 Å². The Kier molecular flexibility index (Phi) is 8.21. The number of nitrogens with zero attached hydrogens (tertiary/aromatic N) is 2. The van der Waals surface area contributed by atoms with Crippen LogP contribution in [0.2, 0.25) is 0 Å². The van der Waals surface area contributed by atoms with Crippen molar-refractivity contribution in [3.05, 3.63) is 298 Å². The van der Waals surface area contributed by atoms with Gasteiger partial charge in [0.05, 0.1) is 22.2 Å². The highest BCUT2D eigenvalue weighted by molar-refractivity contribution is 5.91. The van der Waals surface area contributed by atoms with Crippen LogP contribution < -0.4 is 0 Å². The van der Waals surface area contributed by atoms with E-state index >= 15 is 0 Å². The average molecular weight is 851 g/mol. The van der Waals surface area contributed by atoms with E-state index in [4.69, 9.17) is 9.97 Å². The molecule has 0 saturated carbocycles. The molecule has 0 N–H and O–H groups in total. The fourth-order valence-electron chi connectivity index (χ4n) is 12.4. The zero-order chi connectivity index (χ0) is 44.1. The number of hydrogen-bond acceptors (Lipinski definition) is 2. The van der Waals surface area contributed by atoms with Crippen molar-refractivity contribution >= 4 is 10.8 Å². The predicted octanol–water partition coefficient (Wildman–Crippen LogP) is 15.3. The minimum absolute atomic E-state index is 0.471. The van der Waals surface area contributed by atoms with Crippen LogP contribution in [0.25, 0.3) is 66.9 Å². The summed E-state index contributed by atoms with van der Waals surface area (Å²) in [6.45, 7) is 0. The number of fused-ring (bicyclic) bond motifs is 16. The fraction of sp³-hybridized carbons (Fsp3) is 0.0462. The molecule has 3 aliphatic carbocycles. The lowest BCUT2D eigenvalue weighted by molar-refractivity contribution is 0.608. The van der Waals surface area contributed by atoms with Gasteiger partial charge in [-0.3, -0.25) is 0 Å². The van der Waals surface area contributed by atoms with Crippen LogP contribution in [-0.4, -0.2) is 9.97 Å². The fourth-order valence-corrected chi connectivity index (χ4v) is 12.4. The highest BCUT2D eigenvalue weighted by atomic mass is 14.9. The van der Waals surface area contributed by atoms with Crippen molar-refractivity contribution in [2.75, 3.05) is 0 Å². The van der Waals surface area contributed by atoms with E-state index in [2.05, 4.69) is 224 Å². The zero-order valence-corrected chi connectivity index (χ0v) is 36.7. The summed E-state index contributed by atoms with van der Waals surface area (Å²) in [5.74, 6) is 0.714. The van der Waals surface area contributed by atoms with E-state index in [0.29, 0.717) is 5.82 Å². The summed E-state index contributed by atoms with van der Waals surface area (Å²) in [7, 11) is 0. The van der Waals surface area contributed by atoms with Crippen LogP contribution in [0.15, 0.2) is 243 Å². The minimum Gasteiger partial charge on any atom is -0.228 e. The highest BCUT2D eigenvalue weighted by Crippen LogP contribution is 2.66. The predicted molar refractivity (Wildman–Crippen MR) is 273 cm³/mol. The Labute approximate surface area is 390 Å².